The number of aromatic nitrogens is 1. The average Bonchev–Trinajstić information content (AvgIpc) is 2.99. The summed E-state index contributed by atoms with van der Waals surface area (Å²) >= 11 is 0. The molecular weight excluding hydrogens is 302 g/mol. The number of pyridine rings is 1. The van der Waals surface area contributed by atoms with Crippen molar-refractivity contribution in [1.82, 2.24) is 4.98 Å². The van der Waals surface area contributed by atoms with E-state index in [-0.39, 0.29) is 0 Å². The molecule has 0 radical (unpaired) electrons. The lowest BCUT2D eigenvalue weighted by atomic mass is 9.54. The average molecular weight is 329 g/mol. The van der Waals surface area contributed by atoms with Crippen molar-refractivity contribution < 1.29 is 0 Å². The quantitative estimate of drug-likeness (QED) is 0.631. The summed E-state index contributed by atoms with van der Waals surface area (Å²) in [6.45, 7) is 4.76. The van der Waals surface area contributed by atoms with Crippen LogP contribution in [0.1, 0.15) is 60.8 Å². The van der Waals surface area contributed by atoms with Gasteiger partial charge < -0.3 is 0 Å². The highest BCUT2D eigenvalue weighted by molar-refractivity contribution is 5.72. The number of aryl methyl sites for hydroxylation is 2. The highest BCUT2D eigenvalue weighted by atomic mass is 14.6. The number of benzene rings is 1. The summed E-state index contributed by atoms with van der Waals surface area (Å²) < 4.78 is 0. The third kappa shape index (κ3) is 2.25. The van der Waals surface area contributed by atoms with Gasteiger partial charge in [-0.2, -0.15) is 0 Å². The van der Waals surface area contributed by atoms with Crippen molar-refractivity contribution in [3.8, 4) is 0 Å². The third-order valence-corrected chi connectivity index (χ3v) is 7.44. The molecule has 0 N–H and O–H groups in total. The molecule has 5 rings (SSSR count). The minimum Gasteiger partial charge on any atom is -0.264 e. The first-order valence-electron chi connectivity index (χ1n) is 9.87. The van der Waals surface area contributed by atoms with Crippen molar-refractivity contribution in [2.75, 3.05) is 0 Å². The molecule has 0 unspecified atom stereocenters. The molecule has 1 aromatic heterocycles. The van der Waals surface area contributed by atoms with Crippen LogP contribution >= 0.6 is 0 Å². The van der Waals surface area contributed by atoms with E-state index in [0.29, 0.717) is 5.41 Å². The number of allylic oxidation sites excluding steroid dienone is 2. The largest absolute Gasteiger partial charge is 0.264 e. The highest BCUT2D eigenvalue weighted by Crippen LogP contribution is 2.62. The Morgan fingerprint density at radius 3 is 2.92 bits per heavy atom. The molecular formula is C24H27N. The van der Waals surface area contributed by atoms with E-state index in [4.69, 9.17) is 0 Å². The van der Waals surface area contributed by atoms with Gasteiger partial charge in [-0.1, -0.05) is 42.8 Å². The molecule has 3 aliphatic rings. The Hall–Kier alpha value is -1.89. The fourth-order valence-corrected chi connectivity index (χ4v) is 6.25. The Bertz CT molecular complexity index is 834. The molecule has 1 saturated carbocycles. The van der Waals surface area contributed by atoms with Crippen LogP contribution in [0, 0.1) is 24.2 Å². The molecule has 1 nitrogen and oxygen atoms in total. The van der Waals surface area contributed by atoms with Gasteiger partial charge in [0.25, 0.3) is 0 Å². The minimum atomic E-state index is 0.340. The SMILES string of the molecule is Cc1ccc2c(c1)CC[C@@H]1[C@@H]2CC[C@]2(C)C(c3cccnc3)=CC[C@@H]12. The molecule has 4 atom stereocenters. The van der Waals surface area contributed by atoms with E-state index in [9.17, 15) is 0 Å². The molecule has 0 aliphatic heterocycles. The van der Waals surface area contributed by atoms with E-state index in [0.717, 1.165) is 17.8 Å². The van der Waals surface area contributed by atoms with Gasteiger partial charge in [0, 0.05) is 12.4 Å². The molecule has 0 saturated heterocycles. The summed E-state index contributed by atoms with van der Waals surface area (Å²) in [6, 6.07) is 11.5. The molecule has 1 aromatic carbocycles. The number of nitrogens with zero attached hydrogens (tertiary/aromatic N) is 1. The Labute approximate surface area is 151 Å². The van der Waals surface area contributed by atoms with Gasteiger partial charge in [-0.25, -0.2) is 0 Å². The van der Waals surface area contributed by atoms with E-state index in [2.05, 4.69) is 61.4 Å². The van der Waals surface area contributed by atoms with Gasteiger partial charge in [0.05, 0.1) is 0 Å². The zero-order valence-electron chi connectivity index (χ0n) is 15.3. The van der Waals surface area contributed by atoms with Gasteiger partial charge >= 0.3 is 0 Å². The molecule has 0 spiro atoms. The summed E-state index contributed by atoms with van der Waals surface area (Å²) in [5.41, 5.74) is 7.96. The molecule has 25 heavy (non-hydrogen) atoms. The zero-order valence-corrected chi connectivity index (χ0v) is 15.3. The Kier molecular flexibility index (Phi) is 3.42. The molecule has 1 heteroatoms. The van der Waals surface area contributed by atoms with Crippen LogP contribution < -0.4 is 0 Å². The van der Waals surface area contributed by atoms with Crippen LogP contribution in [0.15, 0.2) is 48.8 Å². The molecule has 1 heterocycles. The van der Waals surface area contributed by atoms with E-state index < -0.39 is 0 Å². The van der Waals surface area contributed by atoms with E-state index in [1.165, 1.54) is 43.2 Å². The topological polar surface area (TPSA) is 12.9 Å². The molecule has 0 bridgehead atoms. The van der Waals surface area contributed by atoms with Crippen molar-refractivity contribution in [3.05, 3.63) is 71.1 Å². The first-order chi connectivity index (χ1) is 12.2. The summed E-state index contributed by atoms with van der Waals surface area (Å²) in [4.78, 5) is 4.38. The third-order valence-electron chi connectivity index (χ3n) is 7.44. The summed E-state index contributed by atoms with van der Waals surface area (Å²) in [5.74, 6) is 2.43. The van der Waals surface area contributed by atoms with Crippen LogP contribution in [0.5, 0.6) is 0 Å². The Morgan fingerprint density at radius 2 is 2.08 bits per heavy atom. The van der Waals surface area contributed by atoms with Crippen LogP contribution in [-0.4, -0.2) is 4.98 Å². The first kappa shape index (κ1) is 15.4. The fourth-order valence-electron chi connectivity index (χ4n) is 6.25. The first-order valence-corrected chi connectivity index (χ1v) is 9.87. The van der Waals surface area contributed by atoms with Gasteiger partial charge in [-0.05, 0) is 90.5 Å². The minimum absolute atomic E-state index is 0.340. The monoisotopic (exact) mass is 329 g/mol. The van der Waals surface area contributed by atoms with E-state index >= 15 is 0 Å². The maximum Gasteiger partial charge on any atom is 0.0343 e. The van der Waals surface area contributed by atoms with Crippen LogP contribution in [0.25, 0.3) is 5.57 Å². The van der Waals surface area contributed by atoms with Gasteiger partial charge in [0.2, 0.25) is 0 Å². The normalized spacial score (nSPS) is 33.2. The lowest BCUT2D eigenvalue weighted by Crippen LogP contribution is -2.40. The molecule has 2 aromatic rings. The summed E-state index contributed by atoms with van der Waals surface area (Å²) in [7, 11) is 0. The van der Waals surface area contributed by atoms with Crippen molar-refractivity contribution in [1.29, 1.82) is 0 Å². The van der Waals surface area contributed by atoms with Crippen LogP contribution in [-0.2, 0) is 6.42 Å². The Morgan fingerprint density at radius 1 is 1.16 bits per heavy atom. The van der Waals surface area contributed by atoms with Gasteiger partial charge in [-0.3, -0.25) is 4.98 Å². The predicted octanol–water partition coefficient (Wildman–Crippen LogP) is 5.94. The molecule has 3 aliphatic carbocycles. The standard InChI is InChI=1S/C24H27N/c1-16-5-7-19-17(14-16)6-8-21-20(19)11-12-24(2)22(9-10-23(21)24)18-4-3-13-25-15-18/h3-5,7,9,13-15,20-21,23H,6,8,10-12H2,1-2H3/t20-,21-,23+,24-/m1/s1. The second kappa shape index (κ2) is 5.56. The predicted molar refractivity (Wildman–Crippen MR) is 103 cm³/mol. The zero-order chi connectivity index (χ0) is 17.0. The number of hydrogen-bond acceptors (Lipinski definition) is 1. The van der Waals surface area contributed by atoms with E-state index in [1.807, 2.05) is 6.20 Å². The maximum atomic E-state index is 4.38. The van der Waals surface area contributed by atoms with Gasteiger partial charge in [0.1, 0.15) is 0 Å². The van der Waals surface area contributed by atoms with Gasteiger partial charge in [0.15, 0.2) is 0 Å². The van der Waals surface area contributed by atoms with Crippen LogP contribution in [0.4, 0.5) is 0 Å². The second-order valence-corrected chi connectivity index (χ2v) is 8.67. The smallest absolute Gasteiger partial charge is 0.0343 e. The highest BCUT2D eigenvalue weighted by Gasteiger charge is 2.51. The fraction of sp³-hybridized carbons (Fsp3) is 0.458. The van der Waals surface area contributed by atoms with Gasteiger partial charge in [-0.15, -0.1) is 0 Å². The molecule has 128 valence electrons. The second-order valence-electron chi connectivity index (χ2n) is 8.67. The maximum absolute atomic E-state index is 4.38. The van der Waals surface area contributed by atoms with Crippen LogP contribution in [0.2, 0.25) is 0 Å². The van der Waals surface area contributed by atoms with Crippen LogP contribution in [0.3, 0.4) is 0 Å². The Balaban J connectivity index is 1.50. The lowest BCUT2D eigenvalue weighted by Gasteiger charge is -2.50. The molecule has 0 amide bonds. The van der Waals surface area contributed by atoms with Crippen molar-refractivity contribution >= 4 is 5.57 Å². The summed E-state index contributed by atoms with van der Waals surface area (Å²) in [6.07, 6.45) is 13.0. The lowest BCUT2D eigenvalue weighted by molar-refractivity contribution is 0.0885. The van der Waals surface area contributed by atoms with E-state index in [1.54, 1.807) is 16.7 Å². The van der Waals surface area contributed by atoms with Crippen molar-refractivity contribution in [3.63, 3.8) is 0 Å². The number of fused-ring (bicyclic) bond motifs is 5. The van der Waals surface area contributed by atoms with Crippen molar-refractivity contribution in [2.45, 2.75) is 51.9 Å². The molecule has 1 fully saturated rings. The number of hydrogen-bond donors (Lipinski definition) is 0. The van der Waals surface area contributed by atoms with Crippen molar-refractivity contribution in [2.24, 2.45) is 17.3 Å². The summed E-state index contributed by atoms with van der Waals surface area (Å²) in [5, 5.41) is 0. The number of rotatable bonds is 1.